The summed E-state index contributed by atoms with van der Waals surface area (Å²) in [5, 5.41) is 3.15. The van der Waals surface area contributed by atoms with Crippen LogP contribution in [0, 0.1) is 11.7 Å². The molecule has 3 rings (SSSR count). The molecule has 0 saturated heterocycles. The van der Waals surface area contributed by atoms with Gasteiger partial charge in [-0.05, 0) is 24.5 Å². The van der Waals surface area contributed by atoms with E-state index in [0.717, 1.165) is 6.42 Å². The molecule has 0 spiro atoms. The standard InChI is InChI=1S/C18H17ClFNO/c19-15-6-2-1-4-13(15)14-5-3-7-16(18(14)20)21-17(22)11-10-12-8-9-12/h1-7,12H,8-11H2,(H,21,22). The number of benzene rings is 2. The van der Waals surface area contributed by atoms with E-state index in [1.54, 1.807) is 36.4 Å². The molecular formula is C18H17ClFNO. The summed E-state index contributed by atoms with van der Waals surface area (Å²) in [6.45, 7) is 0. The smallest absolute Gasteiger partial charge is 0.224 e. The van der Waals surface area contributed by atoms with Crippen LogP contribution in [0.5, 0.6) is 0 Å². The van der Waals surface area contributed by atoms with Crippen molar-refractivity contribution in [2.45, 2.75) is 25.7 Å². The van der Waals surface area contributed by atoms with Gasteiger partial charge in [0.15, 0.2) is 5.82 Å². The highest BCUT2D eigenvalue weighted by Gasteiger charge is 2.22. The first-order chi connectivity index (χ1) is 10.6. The summed E-state index contributed by atoms with van der Waals surface area (Å²) < 4.78 is 14.6. The number of carbonyl (C=O) groups is 1. The maximum atomic E-state index is 14.6. The van der Waals surface area contributed by atoms with E-state index in [1.165, 1.54) is 12.8 Å². The van der Waals surface area contributed by atoms with Crippen LogP contribution in [0.4, 0.5) is 10.1 Å². The lowest BCUT2D eigenvalue weighted by Gasteiger charge is -2.11. The summed E-state index contributed by atoms with van der Waals surface area (Å²) in [5.74, 6) is 0.0996. The fourth-order valence-electron chi connectivity index (χ4n) is 2.47. The Hall–Kier alpha value is -1.87. The molecule has 1 fully saturated rings. The third kappa shape index (κ3) is 3.47. The lowest BCUT2D eigenvalue weighted by molar-refractivity contribution is -0.116. The second kappa shape index (κ2) is 6.49. The van der Waals surface area contributed by atoms with Crippen molar-refractivity contribution in [2.75, 3.05) is 5.32 Å². The molecule has 1 N–H and O–H groups in total. The lowest BCUT2D eigenvalue weighted by Crippen LogP contribution is -2.12. The van der Waals surface area contributed by atoms with Crippen LogP contribution in [0.3, 0.4) is 0 Å². The fourth-order valence-corrected chi connectivity index (χ4v) is 2.71. The quantitative estimate of drug-likeness (QED) is 0.799. The van der Waals surface area contributed by atoms with E-state index in [9.17, 15) is 9.18 Å². The molecule has 4 heteroatoms. The lowest BCUT2D eigenvalue weighted by atomic mass is 10.0. The van der Waals surface area contributed by atoms with Crippen LogP contribution >= 0.6 is 11.6 Å². The minimum atomic E-state index is -0.449. The van der Waals surface area contributed by atoms with Gasteiger partial charge in [0.1, 0.15) is 0 Å². The van der Waals surface area contributed by atoms with Crippen LogP contribution in [-0.4, -0.2) is 5.91 Å². The highest BCUT2D eigenvalue weighted by Crippen LogP contribution is 2.34. The van der Waals surface area contributed by atoms with Gasteiger partial charge in [-0.1, -0.05) is 54.8 Å². The van der Waals surface area contributed by atoms with Crippen LogP contribution in [0.25, 0.3) is 11.1 Å². The van der Waals surface area contributed by atoms with E-state index >= 15 is 0 Å². The average Bonchev–Trinajstić information content (AvgIpc) is 3.33. The number of amides is 1. The van der Waals surface area contributed by atoms with Crippen molar-refractivity contribution in [3.8, 4) is 11.1 Å². The Labute approximate surface area is 134 Å². The highest BCUT2D eigenvalue weighted by atomic mass is 35.5. The molecule has 1 amide bonds. The predicted molar refractivity (Wildman–Crippen MR) is 87.4 cm³/mol. The number of nitrogens with one attached hydrogen (secondary N) is 1. The number of rotatable bonds is 5. The summed E-state index contributed by atoms with van der Waals surface area (Å²) in [6.07, 6.45) is 3.76. The van der Waals surface area contributed by atoms with Crippen molar-refractivity contribution in [2.24, 2.45) is 5.92 Å². The van der Waals surface area contributed by atoms with Gasteiger partial charge in [0.05, 0.1) is 5.69 Å². The second-order valence-corrected chi connectivity index (χ2v) is 6.08. The summed E-state index contributed by atoms with van der Waals surface area (Å²) in [5.41, 5.74) is 1.22. The first-order valence-electron chi connectivity index (χ1n) is 7.48. The van der Waals surface area contributed by atoms with Crippen molar-refractivity contribution >= 4 is 23.2 Å². The Balaban J connectivity index is 1.79. The van der Waals surface area contributed by atoms with Gasteiger partial charge in [0, 0.05) is 22.6 Å². The molecule has 2 nitrogen and oxygen atoms in total. The van der Waals surface area contributed by atoms with Gasteiger partial charge in [-0.3, -0.25) is 4.79 Å². The molecule has 1 aliphatic rings. The van der Waals surface area contributed by atoms with Crippen LogP contribution in [0.15, 0.2) is 42.5 Å². The summed E-state index contributed by atoms with van der Waals surface area (Å²) in [6, 6.07) is 12.0. The number of anilines is 1. The van der Waals surface area contributed by atoms with E-state index in [-0.39, 0.29) is 11.6 Å². The number of halogens is 2. The zero-order valence-electron chi connectivity index (χ0n) is 12.1. The van der Waals surface area contributed by atoms with Crippen molar-refractivity contribution in [1.82, 2.24) is 0 Å². The van der Waals surface area contributed by atoms with E-state index < -0.39 is 5.82 Å². The van der Waals surface area contributed by atoms with Crippen molar-refractivity contribution in [3.05, 3.63) is 53.3 Å². The van der Waals surface area contributed by atoms with Gasteiger partial charge in [0.25, 0.3) is 0 Å². The van der Waals surface area contributed by atoms with Crippen LogP contribution in [-0.2, 0) is 4.79 Å². The average molecular weight is 318 g/mol. The zero-order valence-corrected chi connectivity index (χ0v) is 12.9. The third-order valence-electron chi connectivity index (χ3n) is 3.91. The van der Waals surface area contributed by atoms with Gasteiger partial charge in [-0.25, -0.2) is 4.39 Å². The molecule has 0 radical (unpaired) electrons. The fraction of sp³-hybridized carbons (Fsp3) is 0.278. The van der Waals surface area contributed by atoms with E-state index in [2.05, 4.69) is 5.32 Å². The van der Waals surface area contributed by atoms with Crippen molar-refractivity contribution < 1.29 is 9.18 Å². The molecule has 0 unspecified atom stereocenters. The molecule has 0 bridgehead atoms. The monoisotopic (exact) mass is 317 g/mol. The predicted octanol–water partition coefficient (Wildman–Crippen LogP) is 5.27. The first-order valence-corrected chi connectivity index (χ1v) is 7.86. The van der Waals surface area contributed by atoms with Gasteiger partial charge in [-0.15, -0.1) is 0 Å². The molecule has 2 aromatic rings. The third-order valence-corrected chi connectivity index (χ3v) is 4.24. The first kappa shape index (κ1) is 15.0. The molecule has 1 aliphatic carbocycles. The Morgan fingerprint density at radius 1 is 1.14 bits per heavy atom. The maximum absolute atomic E-state index is 14.6. The second-order valence-electron chi connectivity index (χ2n) is 5.68. The summed E-state index contributed by atoms with van der Waals surface area (Å²) in [4.78, 5) is 11.9. The normalized spacial score (nSPS) is 13.9. The number of hydrogen-bond donors (Lipinski definition) is 1. The van der Waals surface area contributed by atoms with Crippen LogP contribution in [0.1, 0.15) is 25.7 Å². The largest absolute Gasteiger partial charge is 0.324 e. The van der Waals surface area contributed by atoms with E-state index in [0.29, 0.717) is 28.5 Å². The zero-order chi connectivity index (χ0) is 15.5. The summed E-state index contributed by atoms with van der Waals surface area (Å²) >= 11 is 6.13. The van der Waals surface area contributed by atoms with Crippen molar-refractivity contribution in [1.29, 1.82) is 0 Å². The molecule has 22 heavy (non-hydrogen) atoms. The van der Waals surface area contributed by atoms with Gasteiger partial charge in [-0.2, -0.15) is 0 Å². The molecule has 114 valence electrons. The molecule has 1 saturated carbocycles. The van der Waals surface area contributed by atoms with Gasteiger partial charge < -0.3 is 5.32 Å². The SMILES string of the molecule is O=C(CCC1CC1)Nc1cccc(-c2ccccc2Cl)c1F. The molecule has 0 aliphatic heterocycles. The van der Waals surface area contributed by atoms with Crippen LogP contribution < -0.4 is 5.32 Å². The van der Waals surface area contributed by atoms with E-state index in [1.807, 2.05) is 6.07 Å². The molecular weight excluding hydrogens is 301 g/mol. The number of carbonyl (C=O) groups excluding carboxylic acids is 1. The van der Waals surface area contributed by atoms with Crippen LogP contribution in [0.2, 0.25) is 5.02 Å². The van der Waals surface area contributed by atoms with Crippen molar-refractivity contribution in [3.63, 3.8) is 0 Å². The Morgan fingerprint density at radius 3 is 2.59 bits per heavy atom. The van der Waals surface area contributed by atoms with E-state index in [4.69, 9.17) is 11.6 Å². The topological polar surface area (TPSA) is 29.1 Å². The maximum Gasteiger partial charge on any atom is 0.224 e. The summed E-state index contributed by atoms with van der Waals surface area (Å²) in [7, 11) is 0. The molecule has 0 atom stereocenters. The Morgan fingerprint density at radius 2 is 1.86 bits per heavy atom. The Kier molecular flexibility index (Phi) is 4.44. The Bertz CT molecular complexity index is 697. The molecule has 0 heterocycles. The molecule has 2 aromatic carbocycles. The van der Waals surface area contributed by atoms with Gasteiger partial charge in [0.2, 0.25) is 5.91 Å². The van der Waals surface area contributed by atoms with Gasteiger partial charge >= 0.3 is 0 Å². The number of hydrogen-bond acceptors (Lipinski definition) is 1. The minimum Gasteiger partial charge on any atom is -0.324 e. The molecule has 0 aromatic heterocycles. The highest BCUT2D eigenvalue weighted by molar-refractivity contribution is 6.33. The minimum absolute atomic E-state index is 0.137.